The topological polar surface area (TPSA) is 18.5 Å². The van der Waals surface area contributed by atoms with Crippen LogP contribution in [0, 0.1) is 0 Å². The van der Waals surface area contributed by atoms with Crippen LogP contribution in [-0.2, 0) is 35.0 Å². The average molecular weight is 473 g/mol. The van der Waals surface area contributed by atoms with Crippen molar-refractivity contribution in [1.29, 1.82) is 0 Å². The van der Waals surface area contributed by atoms with E-state index in [2.05, 4.69) is 108 Å². The molecule has 0 N–H and O–H groups in total. The van der Waals surface area contributed by atoms with Crippen molar-refractivity contribution < 1.29 is 9.31 Å². The molecule has 4 heteroatoms. The molecule has 164 valence electrons. The summed E-state index contributed by atoms with van der Waals surface area (Å²) in [5.74, 6) is 0. The maximum Gasteiger partial charge on any atom is 0.494 e. The highest BCUT2D eigenvalue weighted by atomic mass is 79.9. The molecule has 1 heterocycles. The van der Waals surface area contributed by atoms with Gasteiger partial charge >= 0.3 is 7.12 Å². The van der Waals surface area contributed by atoms with Gasteiger partial charge in [-0.05, 0) is 93.2 Å². The third-order valence-electron chi connectivity index (χ3n) is 6.45. The minimum Gasteiger partial charge on any atom is -0.399 e. The molecule has 0 bridgehead atoms. The van der Waals surface area contributed by atoms with Crippen LogP contribution < -0.4 is 5.46 Å². The second-order valence-electron chi connectivity index (χ2n) is 8.94. The quantitative estimate of drug-likeness (QED) is 0.451. The molecule has 0 amide bonds. The van der Waals surface area contributed by atoms with Crippen LogP contribution in [0.3, 0.4) is 0 Å². The molecule has 0 aliphatic carbocycles. The first-order valence-electron chi connectivity index (χ1n) is 11.3. The lowest BCUT2D eigenvalue weighted by atomic mass is 9.77. The lowest BCUT2D eigenvalue weighted by molar-refractivity contribution is 0.00578. The highest BCUT2D eigenvalue weighted by molar-refractivity contribution is 9.10. The predicted octanol–water partition coefficient (Wildman–Crippen LogP) is 6.68. The molecule has 0 aromatic heterocycles. The van der Waals surface area contributed by atoms with Gasteiger partial charge in [0.1, 0.15) is 0 Å². The molecule has 2 aromatic rings. The molecule has 1 aliphatic rings. The lowest BCUT2D eigenvalue weighted by Crippen LogP contribution is -2.41. The smallest absolute Gasteiger partial charge is 0.399 e. The summed E-state index contributed by atoms with van der Waals surface area (Å²) in [6, 6.07) is 13.1. The number of benzene rings is 2. The molecule has 1 aliphatic heterocycles. The van der Waals surface area contributed by atoms with Gasteiger partial charge in [-0.2, -0.15) is 0 Å². The zero-order valence-electron chi connectivity index (χ0n) is 20.1. The fourth-order valence-electron chi connectivity index (χ4n) is 3.71. The van der Waals surface area contributed by atoms with Crippen LogP contribution >= 0.6 is 15.9 Å². The Hall–Kier alpha value is -1.10. The fraction of sp³-hybridized carbons (Fsp3) is 0.538. The van der Waals surface area contributed by atoms with Gasteiger partial charge in [0.25, 0.3) is 0 Å². The molecule has 0 spiro atoms. The first-order chi connectivity index (χ1) is 14.1. The van der Waals surface area contributed by atoms with Gasteiger partial charge in [0, 0.05) is 4.47 Å². The molecule has 0 saturated carbocycles. The monoisotopic (exact) mass is 472 g/mol. The summed E-state index contributed by atoms with van der Waals surface area (Å²) in [6.45, 7) is 17.2. The Balaban J connectivity index is 0.000000248. The number of rotatable bonds is 5. The SMILES string of the molecule is CCc1ccc(B2OC(C)(C)C(C)(C)O2)cc1CC.CCc1ccc(Br)cc1CC. The van der Waals surface area contributed by atoms with Crippen LogP contribution in [0.1, 0.15) is 77.6 Å². The molecule has 2 nitrogen and oxygen atoms in total. The number of hydrogen-bond donors (Lipinski definition) is 0. The van der Waals surface area contributed by atoms with Crippen LogP contribution in [0.4, 0.5) is 0 Å². The second kappa shape index (κ2) is 10.5. The zero-order chi connectivity index (χ0) is 22.5. The van der Waals surface area contributed by atoms with E-state index in [1.807, 2.05) is 0 Å². The van der Waals surface area contributed by atoms with Crippen molar-refractivity contribution in [2.45, 2.75) is 92.3 Å². The van der Waals surface area contributed by atoms with E-state index in [4.69, 9.17) is 9.31 Å². The molecule has 0 unspecified atom stereocenters. The largest absolute Gasteiger partial charge is 0.494 e. The van der Waals surface area contributed by atoms with E-state index >= 15 is 0 Å². The molecule has 2 aromatic carbocycles. The summed E-state index contributed by atoms with van der Waals surface area (Å²) in [5.41, 5.74) is 6.34. The number of aryl methyl sites for hydroxylation is 4. The Morgan fingerprint density at radius 2 is 1.10 bits per heavy atom. The maximum atomic E-state index is 6.10. The summed E-state index contributed by atoms with van der Waals surface area (Å²) in [4.78, 5) is 0. The van der Waals surface area contributed by atoms with Gasteiger partial charge in [0.05, 0.1) is 11.2 Å². The molecule has 1 saturated heterocycles. The van der Waals surface area contributed by atoms with Gasteiger partial charge in [-0.3, -0.25) is 0 Å². The minimum atomic E-state index is -0.270. The number of halogens is 1. The van der Waals surface area contributed by atoms with Crippen molar-refractivity contribution in [1.82, 2.24) is 0 Å². The van der Waals surface area contributed by atoms with Gasteiger partial charge in [-0.25, -0.2) is 0 Å². The van der Waals surface area contributed by atoms with Crippen LogP contribution in [0.15, 0.2) is 40.9 Å². The van der Waals surface area contributed by atoms with Gasteiger partial charge < -0.3 is 9.31 Å². The Morgan fingerprint density at radius 3 is 1.57 bits per heavy atom. The zero-order valence-corrected chi connectivity index (χ0v) is 21.7. The third-order valence-corrected chi connectivity index (χ3v) is 6.94. The van der Waals surface area contributed by atoms with Crippen molar-refractivity contribution in [3.63, 3.8) is 0 Å². The number of hydrogen-bond acceptors (Lipinski definition) is 2. The van der Waals surface area contributed by atoms with E-state index in [-0.39, 0.29) is 18.3 Å². The second-order valence-corrected chi connectivity index (χ2v) is 9.86. The molecular weight excluding hydrogens is 435 g/mol. The Bertz CT molecular complexity index is 829. The summed E-state index contributed by atoms with van der Waals surface area (Å²) in [5, 5.41) is 0. The van der Waals surface area contributed by atoms with Crippen molar-refractivity contribution in [3.8, 4) is 0 Å². The summed E-state index contributed by atoms with van der Waals surface area (Å²) >= 11 is 3.47. The standard InChI is InChI=1S/C16H25BO2.C10H13Br/c1-7-12-9-10-14(11-13(12)8-2)17-18-15(3,4)16(5,6)19-17;1-3-8-5-6-10(11)7-9(8)4-2/h9-11H,7-8H2,1-6H3;5-7H,3-4H2,1-2H3. The Labute approximate surface area is 193 Å². The van der Waals surface area contributed by atoms with Crippen LogP contribution in [0.2, 0.25) is 0 Å². The normalized spacial score (nSPS) is 16.9. The minimum absolute atomic E-state index is 0.249. The van der Waals surface area contributed by atoms with Crippen LogP contribution in [-0.4, -0.2) is 18.3 Å². The third kappa shape index (κ3) is 5.78. The van der Waals surface area contributed by atoms with Gasteiger partial charge in [0.2, 0.25) is 0 Å². The van der Waals surface area contributed by atoms with Gasteiger partial charge in [-0.1, -0.05) is 67.9 Å². The van der Waals surface area contributed by atoms with Crippen LogP contribution in [0.5, 0.6) is 0 Å². The van der Waals surface area contributed by atoms with Crippen molar-refractivity contribution in [2.24, 2.45) is 0 Å². The van der Waals surface area contributed by atoms with E-state index < -0.39 is 0 Å². The van der Waals surface area contributed by atoms with E-state index in [0.717, 1.165) is 31.1 Å². The van der Waals surface area contributed by atoms with Gasteiger partial charge in [0.15, 0.2) is 0 Å². The van der Waals surface area contributed by atoms with Crippen molar-refractivity contribution in [3.05, 3.63) is 63.1 Å². The Morgan fingerprint density at radius 1 is 0.667 bits per heavy atom. The fourth-order valence-corrected chi connectivity index (χ4v) is 4.12. The van der Waals surface area contributed by atoms with Crippen molar-refractivity contribution in [2.75, 3.05) is 0 Å². The van der Waals surface area contributed by atoms with E-state index in [0.29, 0.717) is 0 Å². The predicted molar refractivity (Wildman–Crippen MR) is 134 cm³/mol. The first kappa shape index (κ1) is 25.2. The Kier molecular flexibility index (Phi) is 8.79. The maximum absolute atomic E-state index is 6.10. The lowest BCUT2D eigenvalue weighted by Gasteiger charge is -2.32. The summed E-state index contributed by atoms with van der Waals surface area (Å²) in [7, 11) is -0.249. The molecule has 0 atom stereocenters. The van der Waals surface area contributed by atoms with E-state index in [1.165, 1.54) is 26.7 Å². The molecule has 3 rings (SSSR count). The summed E-state index contributed by atoms with van der Waals surface area (Å²) < 4.78 is 13.4. The molecule has 30 heavy (non-hydrogen) atoms. The highest BCUT2D eigenvalue weighted by Crippen LogP contribution is 2.36. The summed E-state index contributed by atoms with van der Waals surface area (Å²) in [6.07, 6.45) is 4.39. The molecule has 0 radical (unpaired) electrons. The average Bonchev–Trinajstić information content (AvgIpc) is 2.94. The van der Waals surface area contributed by atoms with Crippen molar-refractivity contribution >= 4 is 28.5 Å². The highest BCUT2D eigenvalue weighted by Gasteiger charge is 2.51. The van der Waals surface area contributed by atoms with E-state index in [1.54, 1.807) is 0 Å². The van der Waals surface area contributed by atoms with Crippen LogP contribution in [0.25, 0.3) is 0 Å². The molecule has 1 fully saturated rings. The molecular formula is C26H38BBrO2. The van der Waals surface area contributed by atoms with Gasteiger partial charge in [-0.15, -0.1) is 0 Å². The van der Waals surface area contributed by atoms with E-state index in [9.17, 15) is 0 Å². The first-order valence-corrected chi connectivity index (χ1v) is 12.1.